The Labute approximate surface area is 391 Å². The zero-order chi connectivity index (χ0) is 46.4. The summed E-state index contributed by atoms with van der Waals surface area (Å²) in [5, 5.41) is 0. The van der Waals surface area contributed by atoms with Crippen molar-refractivity contribution in [1.82, 2.24) is 0 Å². The average Bonchev–Trinajstić information content (AvgIpc) is 3.24. The molecule has 0 fully saturated rings. The van der Waals surface area contributed by atoms with Gasteiger partial charge in [-0.2, -0.15) is 0 Å². The van der Waals surface area contributed by atoms with E-state index in [2.05, 4.69) is 13.8 Å². The van der Waals surface area contributed by atoms with Crippen molar-refractivity contribution in [1.29, 1.82) is 0 Å². The highest BCUT2D eigenvalue weighted by Crippen LogP contribution is 2.38. The van der Waals surface area contributed by atoms with Gasteiger partial charge in [0.2, 0.25) is 0 Å². The largest absolute Gasteiger partial charge is 0.756 e. The summed E-state index contributed by atoms with van der Waals surface area (Å²) in [6.07, 6.45) is 50.6. The molecule has 0 heterocycles. The van der Waals surface area contributed by atoms with E-state index in [0.717, 1.165) is 32.1 Å². The quantitative estimate of drug-likeness (QED) is 0.0257. The molecule has 0 rings (SSSR count). The molecule has 0 bridgehead atoms. The molecule has 0 saturated carbocycles. The van der Waals surface area contributed by atoms with E-state index in [1.807, 2.05) is 21.1 Å². The fourth-order valence-electron chi connectivity index (χ4n) is 8.13. The molecule has 0 aromatic rings. The van der Waals surface area contributed by atoms with E-state index < -0.39 is 26.5 Å². The Morgan fingerprint density at radius 1 is 0.429 bits per heavy atom. The second-order valence-corrected chi connectivity index (χ2v) is 21.4. The maximum absolute atomic E-state index is 12.7. The number of quaternary nitrogens is 1. The topological polar surface area (TPSA) is 111 Å². The second-order valence-electron chi connectivity index (χ2n) is 20.0. The van der Waals surface area contributed by atoms with Crippen LogP contribution >= 0.6 is 7.82 Å². The molecule has 9 nitrogen and oxygen atoms in total. The second kappa shape index (κ2) is 46.1. The third-order valence-electron chi connectivity index (χ3n) is 12.4. The van der Waals surface area contributed by atoms with Gasteiger partial charge in [-0.05, 0) is 12.8 Å². The lowest BCUT2D eigenvalue weighted by molar-refractivity contribution is -0.870. The van der Waals surface area contributed by atoms with Gasteiger partial charge >= 0.3 is 11.9 Å². The van der Waals surface area contributed by atoms with Crippen LogP contribution in [0.2, 0.25) is 0 Å². The highest BCUT2D eigenvalue weighted by molar-refractivity contribution is 7.45. The molecular formula is C53H106NO8P. The first-order valence-corrected chi connectivity index (χ1v) is 28.7. The zero-order valence-corrected chi connectivity index (χ0v) is 43.5. The number of ether oxygens (including phenoxy) is 2. The number of carbonyl (C=O) groups excluding carboxylic acids is 2. The molecule has 0 aliphatic heterocycles. The minimum Gasteiger partial charge on any atom is -0.756 e. The lowest BCUT2D eigenvalue weighted by atomic mass is 10.0. The van der Waals surface area contributed by atoms with Gasteiger partial charge in [0.1, 0.15) is 19.8 Å². The lowest BCUT2D eigenvalue weighted by Crippen LogP contribution is -2.37. The van der Waals surface area contributed by atoms with Crippen molar-refractivity contribution in [2.45, 2.75) is 283 Å². The first-order chi connectivity index (χ1) is 30.5. The standard InChI is InChI=1S/C53H106NO8P/c1-6-8-10-12-14-15-16-17-18-19-20-21-22-23-24-25-26-27-28-29-30-31-32-33-34-35-36-37-38-40-42-44-46-53(56)62-51(50-61-63(57,58)60-48-47-54(3,4)5)49-59-52(55)45-43-41-39-13-11-9-7-2/h51H,6-50H2,1-5H3. The lowest BCUT2D eigenvalue weighted by Gasteiger charge is -2.28. The molecular weight excluding hydrogens is 810 g/mol. The van der Waals surface area contributed by atoms with Gasteiger partial charge in [0, 0.05) is 12.8 Å². The Hall–Kier alpha value is -0.990. The molecule has 63 heavy (non-hydrogen) atoms. The van der Waals surface area contributed by atoms with Crippen molar-refractivity contribution < 1.29 is 42.1 Å². The Balaban J connectivity index is 3.84. The number of likely N-dealkylation sites (N-methyl/N-ethyl adjacent to an activating group) is 1. The van der Waals surface area contributed by atoms with Gasteiger partial charge in [0.15, 0.2) is 6.10 Å². The molecule has 10 heteroatoms. The van der Waals surface area contributed by atoms with Crippen molar-refractivity contribution in [3.8, 4) is 0 Å². The monoisotopic (exact) mass is 916 g/mol. The highest BCUT2D eigenvalue weighted by Gasteiger charge is 2.21. The van der Waals surface area contributed by atoms with Crippen LogP contribution in [-0.4, -0.2) is 70.0 Å². The smallest absolute Gasteiger partial charge is 0.306 e. The van der Waals surface area contributed by atoms with E-state index in [1.165, 1.54) is 212 Å². The van der Waals surface area contributed by atoms with E-state index in [0.29, 0.717) is 17.4 Å². The van der Waals surface area contributed by atoms with Gasteiger partial charge in [0.25, 0.3) is 7.82 Å². The van der Waals surface area contributed by atoms with Crippen LogP contribution in [0.25, 0.3) is 0 Å². The summed E-state index contributed by atoms with van der Waals surface area (Å²) in [5.74, 6) is -0.825. The predicted molar refractivity (Wildman–Crippen MR) is 264 cm³/mol. The molecule has 0 amide bonds. The summed E-state index contributed by atoms with van der Waals surface area (Å²) in [6.45, 7) is 4.23. The van der Waals surface area contributed by atoms with Gasteiger partial charge in [0.05, 0.1) is 27.7 Å². The molecule has 2 unspecified atom stereocenters. The number of rotatable bonds is 51. The molecule has 0 aromatic heterocycles. The van der Waals surface area contributed by atoms with Crippen molar-refractivity contribution in [2.75, 3.05) is 47.5 Å². The molecule has 2 atom stereocenters. The summed E-state index contributed by atoms with van der Waals surface area (Å²) in [7, 11) is 1.18. The van der Waals surface area contributed by atoms with Crippen molar-refractivity contribution >= 4 is 19.8 Å². The SMILES string of the molecule is CCCCCCCCCCCCCCCCCCCCCCCCCCCCCCCCCCC(=O)OC(COC(=O)CCCCCCCCC)COP(=O)([O-])OCC[N+](C)(C)C. The van der Waals surface area contributed by atoms with Gasteiger partial charge in [-0.15, -0.1) is 0 Å². The number of nitrogens with zero attached hydrogens (tertiary/aromatic N) is 1. The Kier molecular flexibility index (Phi) is 45.4. The molecule has 0 N–H and O–H groups in total. The average molecular weight is 916 g/mol. The molecule has 0 radical (unpaired) electrons. The van der Waals surface area contributed by atoms with E-state index in [9.17, 15) is 19.0 Å². The predicted octanol–water partition coefficient (Wildman–Crippen LogP) is 15.7. The van der Waals surface area contributed by atoms with Crippen LogP contribution in [0, 0.1) is 0 Å². The van der Waals surface area contributed by atoms with Crippen LogP contribution in [0.3, 0.4) is 0 Å². The third kappa shape index (κ3) is 50.3. The maximum Gasteiger partial charge on any atom is 0.306 e. The van der Waals surface area contributed by atoms with Gasteiger partial charge < -0.3 is 27.9 Å². The summed E-state index contributed by atoms with van der Waals surface area (Å²) < 4.78 is 33.9. The normalized spacial score (nSPS) is 13.3. The van der Waals surface area contributed by atoms with Crippen LogP contribution in [0.1, 0.15) is 277 Å². The van der Waals surface area contributed by atoms with Crippen molar-refractivity contribution in [2.24, 2.45) is 0 Å². The Morgan fingerprint density at radius 3 is 1.02 bits per heavy atom. The van der Waals surface area contributed by atoms with Crippen LogP contribution in [0.5, 0.6) is 0 Å². The first kappa shape index (κ1) is 62.0. The van der Waals surface area contributed by atoms with E-state index >= 15 is 0 Å². The third-order valence-corrected chi connectivity index (χ3v) is 13.3. The van der Waals surface area contributed by atoms with E-state index in [-0.39, 0.29) is 32.0 Å². The molecule has 0 spiro atoms. The fraction of sp³-hybridized carbons (Fsp3) is 0.962. The van der Waals surface area contributed by atoms with Gasteiger partial charge in [-0.3, -0.25) is 14.2 Å². The first-order valence-electron chi connectivity index (χ1n) is 27.2. The number of hydrogen-bond acceptors (Lipinski definition) is 8. The van der Waals surface area contributed by atoms with Crippen molar-refractivity contribution in [3.05, 3.63) is 0 Å². The molecule has 0 aliphatic rings. The minimum absolute atomic E-state index is 0.0259. The Bertz CT molecular complexity index is 1040. The van der Waals surface area contributed by atoms with Crippen LogP contribution < -0.4 is 4.89 Å². The summed E-state index contributed by atoms with van der Waals surface area (Å²) in [6, 6.07) is 0. The summed E-state index contributed by atoms with van der Waals surface area (Å²) in [5.41, 5.74) is 0. The molecule has 376 valence electrons. The molecule has 0 aliphatic carbocycles. The van der Waals surface area contributed by atoms with Gasteiger partial charge in [-0.1, -0.05) is 251 Å². The number of hydrogen-bond donors (Lipinski definition) is 0. The summed E-state index contributed by atoms with van der Waals surface area (Å²) in [4.78, 5) is 37.4. The minimum atomic E-state index is -4.61. The van der Waals surface area contributed by atoms with E-state index in [1.54, 1.807) is 0 Å². The number of carbonyl (C=O) groups is 2. The van der Waals surface area contributed by atoms with Crippen molar-refractivity contribution in [3.63, 3.8) is 0 Å². The maximum atomic E-state index is 12.7. The van der Waals surface area contributed by atoms with Gasteiger partial charge in [-0.25, -0.2) is 0 Å². The Morgan fingerprint density at radius 2 is 0.714 bits per heavy atom. The highest BCUT2D eigenvalue weighted by atomic mass is 31.2. The number of esters is 2. The zero-order valence-electron chi connectivity index (χ0n) is 42.6. The van der Waals surface area contributed by atoms with Crippen LogP contribution in [0.4, 0.5) is 0 Å². The summed E-state index contributed by atoms with van der Waals surface area (Å²) >= 11 is 0. The van der Waals surface area contributed by atoms with Crippen LogP contribution in [0.15, 0.2) is 0 Å². The number of phosphoric ester groups is 1. The number of unbranched alkanes of at least 4 members (excludes halogenated alkanes) is 37. The number of phosphoric acid groups is 1. The van der Waals surface area contributed by atoms with Crippen LogP contribution in [-0.2, 0) is 32.7 Å². The fourth-order valence-corrected chi connectivity index (χ4v) is 8.86. The molecule has 0 saturated heterocycles. The molecule has 0 aromatic carbocycles. The van der Waals surface area contributed by atoms with E-state index in [4.69, 9.17) is 18.5 Å².